The van der Waals surface area contributed by atoms with Gasteiger partial charge in [-0.2, -0.15) is 0 Å². The van der Waals surface area contributed by atoms with Crippen molar-refractivity contribution in [3.63, 3.8) is 0 Å². The SMILES string of the molecule is CCCC(=O)N1CCc2nc(NC(=O)c3ccccn3)sc2C1. The third kappa shape index (κ3) is 3.56. The minimum Gasteiger partial charge on any atom is -0.337 e. The summed E-state index contributed by atoms with van der Waals surface area (Å²) >= 11 is 1.43. The lowest BCUT2D eigenvalue weighted by molar-refractivity contribution is -0.132. The van der Waals surface area contributed by atoms with E-state index < -0.39 is 0 Å². The van der Waals surface area contributed by atoms with Crippen LogP contribution in [-0.2, 0) is 17.8 Å². The summed E-state index contributed by atoms with van der Waals surface area (Å²) in [5.74, 6) is -0.0822. The van der Waals surface area contributed by atoms with Crippen LogP contribution in [-0.4, -0.2) is 33.2 Å². The average molecular weight is 330 g/mol. The van der Waals surface area contributed by atoms with Gasteiger partial charge in [0, 0.05) is 30.5 Å². The lowest BCUT2D eigenvalue weighted by Crippen LogP contribution is -2.35. The van der Waals surface area contributed by atoms with E-state index in [2.05, 4.69) is 15.3 Å². The van der Waals surface area contributed by atoms with Crippen LogP contribution in [0.4, 0.5) is 5.13 Å². The number of nitrogens with one attached hydrogen (secondary N) is 1. The molecular weight excluding hydrogens is 312 g/mol. The van der Waals surface area contributed by atoms with Crippen LogP contribution in [0.3, 0.4) is 0 Å². The summed E-state index contributed by atoms with van der Waals surface area (Å²) in [6.07, 6.45) is 3.76. The standard InChI is InChI=1S/C16H18N4O2S/c1-2-5-14(21)20-9-7-11-13(10-20)23-16(18-11)19-15(22)12-6-3-4-8-17-12/h3-4,6,8H,2,5,7,9-10H2,1H3,(H,18,19,22). The number of carbonyl (C=O) groups excluding carboxylic acids is 2. The van der Waals surface area contributed by atoms with Crippen LogP contribution in [0, 0.1) is 0 Å². The lowest BCUT2D eigenvalue weighted by atomic mass is 10.1. The number of fused-ring (bicyclic) bond motifs is 1. The van der Waals surface area contributed by atoms with Gasteiger partial charge in [-0.3, -0.25) is 19.9 Å². The number of amides is 2. The van der Waals surface area contributed by atoms with Crippen LogP contribution in [0.1, 0.15) is 40.8 Å². The molecule has 1 N–H and O–H groups in total. The fraction of sp³-hybridized carbons (Fsp3) is 0.375. The summed E-state index contributed by atoms with van der Waals surface area (Å²) in [6.45, 7) is 3.29. The van der Waals surface area contributed by atoms with Gasteiger partial charge < -0.3 is 4.90 Å². The third-order valence-corrected chi connectivity index (χ3v) is 4.66. The van der Waals surface area contributed by atoms with Gasteiger partial charge in [0.25, 0.3) is 5.91 Å². The summed E-state index contributed by atoms with van der Waals surface area (Å²) in [5.41, 5.74) is 1.34. The van der Waals surface area contributed by atoms with Gasteiger partial charge in [0.1, 0.15) is 5.69 Å². The Morgan fingerprint density at radius 2 is 2.26 bits per heavy atom. The van der Waals surface area contributed by atoms with Gasteiger partial charge in [0.2, 0.25) is 5.91 Å². The van der Waals surface area contributed by atoms with Crippen LogP contribution in [0.5, 0.6) is 0 Å². The highest BCUT2D eigenvalue weighted by molar-refractivity contribution is 7.15. The zero-order valence-electron chi connectivity index (χ0n) is 12.9. The molecule has 0 fully saturated rings. The second-order valence-electron chi connectivity index (χ2n) is 5.37. The number of hydrogen-bond donors (Lipinski definition) is 1. The van der Waals surface area contributed by atoms with Gasteiger partial charge in [0.05, 0.1) is 12.2 Å². The second-order valence-corrected chi connectivity index (χ2v) is 6.46. The topological polar surface area (TPSA) is 75.2 Å². The number of hydrogen-bond acceptors (Lipinski definition) is 5. The van der Waals surface area contributed by atoms with Gasteiger partial charge in [0.15, 0.2) is 5.13 Å². The van der Waals surface area contributed by atoms with Crippen LogP contribution in [0.15, 0.2) is 24.4 Å². The number of nitrogens with zero attached hydrogens (tertiary/aromatic N) is 3. The Balaban J connectivity index is 1.69. The molecule has 7 heteroatoms. The van der Waals surface area contributed by atoms with Crippen LogP contribution >= 0.6 is 11.3 Å². The van der Waals surface area contributed by atoms with E-state index in [4.69, 9.17) is 0 Å². The molecule has 120 valence electrons. The molecule has 2 amide bonds. The van der Waals surface area contributed by atoms with Crippen molar-refractivity contribution in [2.24, 2.45) is 0 Å². The molecule has 1 aliphatic rings. The summed E-state index contributed by atoms with van der Waals surface area (Å²) in [7, 11) is 0. The maximum absolute atomic E-state index is 12.1. The molecule has 0 saturated carbocycles. The maximum Gasteiger partial charge on any atom is 0.276 e. The lowest BCUT2D eigenvalue weighted by Gasteiger charge is -2.25. The van der Waals surface area contributed by atoms with E-state index >= 15 is 0 Å². The molecule has 3 rings (SSSR count). The Morgan fingerprint density at radius 3 is 3.00 bits per heavy atom. The molecule has 0 radical (unpaired) electrons. The smallest absolute Gasteiger partial charge is 0.276 e. The minimum absolute atomic E-state index is 0.186. The zero-order valence-corrected chi connectivity index (χ0v) is 13.7. The van der Waals surface area contributed by atoms with E-state index in [9.17, 15) is 9.59 Å². The van der Waals surface area contributed by atoms with Crippen LogP contribution in [0.25, 0.3) is 0 Å². The highest BCUT2D eigenvalue weighted by Gasteiger charge is 2.24. The molecule has 0 atom stereocenters. The van der Waals surface area contributed by atoms with E-state index in [0.29, 0.717) is 30.3 Å². The molecule has 2 aromatic heterocycles. The normalized spacial score (nSPS) is 13.5. The zero-order chi connectivity index (χ0) is 16.2. The summed E-state index contributed by atoms with van der Waals surface area (Å²) in [6, 6.07) is 5.20. The molecule has 0 aromatic carbocycles. The van der Waals surface area contributed by atoms with Crippen molar-refractivity contribution in [1.29, 1.82) is 0 Å². The number of thiazole rings is 1. The van der Waals surface area contributed by atoms with Gasteiger partial charge in [-0.25, -0.2) is 4.98 Å². The summed E-state index contributed by atoms with van der Waals surface area (Å²) in [5, 5.41) is 3.35. The largest absolute Gasteiger partial charge is 0.337 e. The van der Waals surface area contributed by atoms with E-state index in [0.717, 1.165) is 23.4 Å². The van der Waals surface area contributed by atoms with Crippen LogP contribution in [0.2, 0.25) is 0 Å². The molecule has 23 heavy (non-hydrogen) atoms. The molecule has 0 saturated heterocycles. The number of aromatic nitrogens is 2. The van der Waals surface area contributed by atoms with Crippen molar-refractivity contribution < 1.29 is 9.59 Å². The van der Waals surface area contributed by atoms with Gasteiger partial charge in [-0.05, 0) is 18.6 Å². The number of carbonyl (C=O) groups is 2. The first-order valence-electron chi connectivity index (χ1n) is 7.66. The molecule has 0 unspecified atom stereocenters. The molecule has 3 heterocycles. The fourth-order valence-corrected chi connectivity index (χ4v) is 3.51. The first-order chi connectivity index (χ1) is 11.2. The Bertz CT molecular complexity index is 714. The molecule has 0 aliphatic carbocycles. The van der Waals surface area contributed by atoms with Crippen molar-refractivity contribution in [2.75, 3.05) is 11.9 Å². The molecular formula is C16H18N4O2S. The third-order valence-electron chi connectivity index (χ3n) is 3.67. The van der Waals surface area contributed by atoms with Gasteiger partial charge in [-0.15, -0.1) is 0 Å². The number of anilines is 1. The van der Waals surface area contributed by atoms with Crippen molar-refractivity contribution >= 4 is 28.3 Å². The first kappa shape index (κ1) is 15.6. The van der Waals surface area contributed by atoms with E-state index in [1.54, 1.807) is 24.4 Å². The fourth-order valence-electron chi connectivity index (χ4n) is 2.49. The number of rotatable bonds is 4. The van der Waals surface area contributed by atoms with E-state index in [-0.39, 0.29) is 11.8 Å². The monoisotopic (exact) mass is 330 g/mol. The van der Waals surface area contributed by atoms with Gasteiger partial charge >= 0.3 is 0 Å². The average Bonchev–Trinajstić information content (AvgIpc) is 2.97. The summed E-state index contributed by atoms with van der Waals surface area (Å²) < 4.78 is 0. The Kier molecular flexibility index (Phi) is 4.66. The maximum atomic E-state index is 12.1. The molecule has 1 aliphatic heterocycles. The molecule has 0 bridgehead atoms. The van der Waals surface area contributed by atoms with Crippen molar-refractivity contribution in [3.05, 3.63) is 40.7 Å². The first-order valence-corrected chi connectivity index (χ1v) is 8.47. The van der Waals surface area contributed by atoms with Crippen molar-refractivity contribution in [2.45, 2.75) is 32.7 Å². The second kappa shape index (κ2) is 6.87. The van der Waals surface area contributed by atoms with Gasteiger partial charge in [-0.1, -0.05) is 24.3 Å². The van der Waals surface area contributed by atoms with E-state index in [1.807, 2.05) is 11.8 Å². The van der Waals surface area contributed by atoms with Crippen molar-refractivity contribution in [3.8, 4) is 0 Å². The minimum atomic E-state index is -0.268. The Labute approximate surface area is 138 Å². The molecule has 0 spiro atoms. The van der Waals surface area contributed by atoms with Crippen molar-refractivity contribution in [1.82, 2.24) is 14.9 Å². The molecule has 6 nitrogen and oxygen atoms in total. The number of pyridine rings is 1. The summed E-state index contributed by atoms with van der Waals surface area (Å²) in [4.78, 5) is 35.5. The van der Waals surface area contributed by atoms with E-state index in [1.165, 1.54) is 11.3 Å². The van der Waals surface area contributed by atoms with Crippen LogP contribution < -0.4 is 5.32 Å². The highest BCUT2D eigenvalue weighted by Crippen LogP contribution is 2.28. The highest BCUT2D eigenvalue weighted by atomic mass is 32.1. The molecule has 2 aromatic rings. The predicted molar refractivity (Wildman–Crippen MR) is 88.3 cm³/mol. The Hall–Kier alpha value is -2.28. The Morgan fingerprint density at radius 1 is 1.39 bits per heavy atom. The quantitative estimate of drug-likeness (QED) is 0.934. The predicted octanol–water partition coefficient (Wildman–Crippen LogP) is 2.48.